The van der Waals surface area contributed by atoms with Crippen LogP contribution in [0.2, 0.25) is 0 Å². The van der Waals surface area contributed by atoms with Crippen LogP contribution in [0, 0.1) is 0 Å². The highest BCUT2D eigenvalue weighted by Gasteiger charge is 2.21. The Hall–Kier alpha value is -2.06. The maximum atomic E-state index is 5.56. The summed E-state index contributed by atoms with van der Waals surface area (Å²) in [6, 6.07) is 17.8. The fraction of sp³-hybridized carbons (Fsp3) is 0.263. The largest absolute Gasteiger partial charge is 0.469 e. The predicted octanol–water partition coefficient (Wildman–Crippen LogP) is 4.60. The molecule has 0 radical (unpaired) electrons. The molecule has 2 nitrogen and oxygen atoms in total. The van der Waals surface area contributed by atoms with E-state index in [0.717, 1.165) is 18.7 Å². The second-order valence-electron chi connectivity index (χ2n) is 5.81. The zero-order chi connectivity index (χ0) is 14.1. The molecule has 1 heterocycles. The Balaban J connectivity index is 1.51. The first-order chi connectivity index (χ1) is 10.4. The van der Waals surface area contributed by atoms with Gasteiger partial charge in [0.05, 0.1) is 6.26 Å². The fourth-order valence-corrected chi connectivity index (χ4v) is 3.29. The molecule has 0 amide bonds. The lowest BCUT2D eigenvalue weighted by Crippen LogP contribution is -2.23. The van der Waals surface area contributed by atoms with Crippen molar-refractivity contribution in [2.24, 2.45) is 0 Å². The van der Waals surface area contributed by atoms with Gasteiger partial charge >= 0.3 is 0 Å². The van der Waals surface area contributed by atoms with Crippen LogP contribution in [0.1, 0.15) is 35.8 Å². The highest BCUT2D eigenvalue weighted by atomic mass is 16.3. The molecule has 1 atom stereocenters. The number of nitrogens with one attached hydrogen (secondary N) is 1. The van der Waals surface area contributed by atoms with E-state index >= 15 is 0 Å². The van der Waals surface area contributed by atoms with Crippen molar-refractivity contribution in [3.63, 3.8) is 0 Å². The molecule has 1 unspecified atom stereocenters. The van der Waals surface area contributed by atoms with Crippen molar-refractivity contribution >= 4 is 10.8 Å². The van der Waals surface area contributed by atoms with Crippen molar-refractivity contribution in [2.45, 2.75) is 31.8 Å². The Morgan fingerprint density at radius 3 is 2.90 bits per heavy atom. The van der Waals surface area contributed by atoms with Crippen LogP contribution in [-0.4, -0.2) is 0 Å². The van der Waals surface area contributed by atoms with Gasteiger partial charge in [0.2, 0.25) is 0 Å². The second kappa shape index (κ2) is 5.38. The molecule has 1 aliphatic rings. The van der Waals surface area contributed by atoms with Crippen molar-refractivity contribution in [1.29, 1.82) is 0 Å². The van der Waals surface area contributed by atoms with E-state index in [-0.39, 0.29) is 0 Å². The van der Waals surface area contributed by atoms with Gasteiger partial charge in [0.25, 0.3) is 0 Å². The van der Waals surface area contributed by atoms with Crippen molar-refractivity contribution in [3.05, 3.63) is 71.7 Å². The topological polar surface area (TPSA) is 25.2 Å². The third kappa shape index (κ3) is 2.47. The van der Waals surface area contributed by atoms with Crippen molar-refractivity contribution in [1.82, 2.24) is 5.32 Å². The van der Waals surface area contributed by atoms with E-state index in [1.165, 1.54) is 34.7 Å². The van der Waals surface area contributed by atoms with Gasteiger partial charge in [-0.1, -0.05) is 36.4 Å². The van der Waals surface area contributed by atoms with Gasteiger partial charge < -0.3 is 9.73 Å². The van der Waals surface area contributed by atoms with Gasteiger partial charge in [-0.25, -0.2) is 0 Å². The Kier molecular flexibility index (Phi) is 3.24. The standard InChI is InChI=1S/C19H19NO/c1-2-5-16-12-14(8-9-15(16)4-1)13-20-18-6-3-7-19-17(18)10-11-21-19/h1-2,4-5,8-12,18,20H,3,6-7,13H2. The second-order valence-corrected chi connectivity index (χ2v) is 5.81. The average molecular weight is 277 g/mol. The normalized spacial score (nSPS) is 17.8. The zero-order valence-corrected chi connectivity index (χ0v) is 12.0. The van der Waals surface area contributed by atoms with E-state index in [0.29, 0.717) is 6.04 Å². The summed E-state index contributed by atoms with van der Waals surface area (Å²) in [5.41, 5.74) is 2.69. The van der Waals surface area contributed by atoms with Gasteiger partial charge in [-0.2, -0.15) is 0 Å². The first-order valence-electron chi connectivity index (χ1n) is 7.67. The predicted molar refractivity (Wildman–Crippen MR) is 85.2 cm³/mol. The molecule has 0 spiro atoms. The minimum absolute atomic E-state index is 0.430. The molecule has 0 saturated heterocycles. The Morgan fingerprint density at radius 1 is 1.05 bits per heavy atom. The van der Waals surface area contributed by atoms with E-state index in [9.17, 15) is 0 Å². The molecule has 2 heteroatoms. The molecular formula is C19H19NO. The number of fused-ring (bicyclic) bond motifs is 2. The molecule has 106 valence electrons. The molecule has 1 aromatic heterocycles. The zero-order valence-electron chi connectivity index (χ0n) is 12.0. The Morgan fingerprint density at radius 2 is 1.95 bits per heavy atom. The monoisotopic (exact) mass is 277 g/mol. The molecule has 0 fully saturated rings. The number of furan rings is 1. The van der Waals surface area contributed by atoms with Crippen LogP contribution in [0.15, 0.2) is 59.2 Å². The average Bonchev–Trinajstić information content (AvgIpc) is 3.02. The minimum Gasteiger partial charge on any atom is -0.469 e. The van der Waals surface area contributed by atoms with Crippen LogP contribution in [0.25, 0.3) is 10.8 Å². The third-order valence-corrected chi connectivity index (χ3v) is 4.42. The lowest BCUT2D eigenvalue weighted by Gasteiger charge is -2.23. The number of benzene rings is 2. The van der Waals surface area contributed by atoms with Crippen molar-refractivity contribution in [2.75, 3.05) is 0 Å². The quantitative estimate of drug-likeness (QED) is 0.757. The molecule has 0 bridgehead atoms. The molecule has 2 aromatic carbocycles. The molecule has 0 saturated carbocycles. The van der Waals surface area contributed by atoms with Crippen molar-refractivity contribution in [3.8, 4) is 0 Å². The van der Waals surface area contributed by atoms with Crippen LogP contribution in [0.4, 0.5) is 0 Å². The van der Waals surface area contributed by atoms with Crippen LogP contribution >= 0.6 is 0 Å². The maximum absolute atomic E-state index is 5.56. The smallest absolute Gasteiger partial charge is 0.108 e. The summed E-state index contributed by atoms with van der Waals surface area (Å²) in [5, 5.41) is 6.30. The maximum Gasteiger partial charge on any atom is 0.108 e. The van der Waals surface area contributed by atoms with Crippen molar-refractivity contribution < 1.29 is 4.42 Å². The Bertz CT molecular complexity index is 759. The van der Waals surface area contributed by atoms with Crippen LogP contribution < -0.4 is 5.32 Å². The summed E-state index contributed by atoms with van der Waals surface area (Å²) in [5.74, 6) is 1.16. The lowest BCUT2D eigenvalue weighted by molar-refractivity contribution is 0.411. The van der Waals surface area contributed by atoms with E-state index in [1.54, 1.807) is 0 Å². The van der Waals surface area contributed by atoms with E-state index < -0.39 is 0 Å². The first kappa shape index (κ1) is 12.7. The van der Waals surface area contributed by atoms with Crippen LogP contribution in [-0.2, 0) is 13.0 Å². The number of hydrogen-bond acceptors (Lipinski definition) is 2. The van der Waals surface area contributed by atoms with Gasteiger partial charge in [0.15, 0.2) is 0 Å². The van der Waals surface area contributed by atoms with Gasteiger partial charge in [0, 0.05) is 24.6 Å². The van der Waals surface area contributed by atoms with Gasteiger partial charge in [-0.15, -0.1) is 0 Å². The minimum atomic E-state index is 0.430. The van der Waals surface area contributed by atoms with E-state index in [1.807, 2.05) is 6.26 Å². The number of hydrogen-bond donors (Lipinski definition) is 1. The highest BCUT2D eigenvalue weighted by molar-refractivity contribution is 5.82. The summed E-state index contributed by atoms with van der Waals surface area (Å²) < 4.78 is 5.56. The number of rotatable bonds is 3. The lowest BCUT2D eigenvalue weighted by atomic mass is 9.93. The highest BCUT2D eigenvalue weighted by Crippen LogP contribution is 2.30. The summed E-state index contributed by atoms with van der Waals surface area (Å²) in [7, 11) is 0. The first-order valence-corrected chi connectivity index (χ1v) is 7.67. The summed E-state index contributed by atoms with van der Waals surface area (Å²) in [4.78, 5) is 0. The molecular weight excluding hydrogens is 258 g/mol. The SMILES string of the molecule is c1ccc2cc(CNC3CCCc4occc43)ccc2c1. The van der Waals surface area contributed by atoms with Crippen LogP contribution in [0.3, 0.4) is 0 Å². The molecule has 21 heavy (non-hydrogen) atoms. The third-order valence-electron chi connectivity index (χ3n) is 4.42. The van der Waals surface area contributed by atoms with Gasteiger partial charge in [0.1, 0.15) is 5.76 Å². The fourth-order valence-electron chi connectivity index (χ4n) is 3.29. The summed E-state index contributed by atoms with van der Waals surface area (Å²) in [6.07, 6.45) is 5.30. The number of aryl methyl sites for hydroxylation is 1. The molecule has 1 aliphatic carbocycles. The van der Waals surface area contributed by atoms with E-state index in [2.05, 4.69) is 53.8 Å². The molecule has 0 aliphatic heterocycles. The molecule has 3 aromatic rings. The Labute approximate surface area is 124 Å². The molecule has 1 N–H and O–H groups in total. The van der Waals surface area contributed by atoms with Gasteiger partial charge in [-0.05, 0) is 41.3 Å². The van der Waals surface area contributed by atoms with Gasteiger partial charge in [-0.3, -0.25) is 0 Å². The van der Waals surface area contributed by atoms with E-state index in [4.69, 9.17) is 4.42 Å². The molecule has 4 rings (SSSR count). The summed E-state index contributed by atoms with van der Waals surface area (Å²) in [6.45, 7) is 0.903. The summed E-state index contributed by atoms with van der Waals surface area (Å²) >= 11 is 0. The van der Waals surface area contributed by atoms with Crippen LogP contribution in [0.5, 0.6) is 0 Å².